The molecule has 3 aromatic heterocycles. The molecule has 0 atom stereocenters. The van der Waals surface area contributed by atoms with Gasteiger partial charge in [0.25, 0.3) is 0 Å². The second-order valence-corrected chi connectivity index (χ2v) is 24.2. The van der Waals surface area contributed by atoms with Crippen LogP contribution in [0.3, 0.4) is 0 Å². The van der Waals surface area contributed by atoms with Crippen molar-refractivity contribution >= 4 is 84.6 Å². The summed E-state index contributed by atoms with van der Waals surface area (Å²) in [6.07, 6.45) is 2.30. The molecule has 280 valence electrons. The Balaban J connectivity index is 1.40. The first kappa shape index (κ1) is 39.9. The van der Waals surface area contributed by atoms with Gasteiger partial charge in [-0.2, -0.15) is 0 Å². The summed E-state index contributed by atoms with van der Waals surface area (Å²) in [4.78, 5) is 52.2. The number of amides is 2. The van der Waals surface area contributed by atoms with E-state index in [-0.39, 0.29) is 52.6 Å². The summed E-state index contributed by atoms with van der Waals surface area (Å²) in [7, 11) is -5.06. The van der Waals surface area contributed by atoms with Gasteiger partial charge < -0.3 is 19.7 Å². The molecule has 0 unspecified atom stereocenters. The molecule has 13 nitrogen and oxygen atoms in total. The highest BCUT2D eigenvalue weighted by Gasteiger charge is 2.30. The summed E-state index contributed by atoms with van der Waals surface area (Å²) < 4.78 is 35.4. The maximum Gasteiger partial charge on any atom is 0.409 e. The van der Waals surface area contributed by atoms with E-state index in [1.807, 2.05) is 12.1 Å². The average Bonchev–Trinajstić information content (AvgIpc) is 3.71. The Kier molecular flexibility index (Phi) is 12.3. The fourth-order valence-electron chi connectivity index (χ4n) is 5.24. The second-order valence-electron chi connectivity index (χ2n) is 14.4. The van der Waals surface area contributed by atoms with E-state index in [2.05, 4.69) is 61.2 Å². The van der Waals surface area contributed by atoms with Gasteiger partial charge in [-0.05, 0) is 77.3 Å². The number of benzene rings is 2. The van der Waals surface area contributed by atoms with E-state index < -0.39 is 41.1 Å². The van der Waals surface area contributed by atoms with Crippen LogP contribution in [0.2, 0.25) is 25.7 Å². The Morgan fingerprint density at radius 1 is 1.04 bits per heavy atom. The van der Waals surface area contributed by atoms with Crippen molar-refractivity contribution in [1.29, 1.82) is 0 Å². The minimum atomic E-state index is -3.68. The lowest BCUT2D eigenvalue weighted by atomic mass is 9.87. The molecular weight excluding hydrogens is 801 g/mol. The van der Waals surface area contributed by atoms with Crippen LogP contribution in [0.15, 0.2) is 75.8 Å². The third kappa shape index (κ3) is 10.4. The van der Waals surface area contributed by atoms with Crippen molar-refractivity contribution in [3.8, 4) is 11.3 Å². The largest absolute Gasteiger partial charge is 0.465 e. The second kappa shape index (κ2) is 16.4. The molecule has 0 aliphatic carbocycles. The summed E-state index contributed by atoms with van der Waals surface area (Å²) in [6, 6.07) is 16.0. The van der Waals surface area contributed by atoms with Gasteiger partial charge in [-0.1, -0.05) is 45.6 Å². The quantitative estimate of drug-likeness (QED) is 0.0498. The van der Waals surface area contributed by atoms with Gasteiger partial charge in [-0.25, -0.2) is 23.2 Å². The number of carbonyl (C=O) groups is 3. The van der Waals surface area contributed by atoms with Crippen LogP contribution in [0, 0.1) is 5.41 Å². The van der Waals surface area contributed by atoms with E-state index in [9.17, 15) is 27.9 Å². The monoisotopic (exact) mass is 840 g/mol. The number of thiazole rings is 1. The fourth-order valence-corrected chi connectivity index (χ4v) is 8.90. The molecule has 2 aromatic carbocycles. The van der Waals surface area contributed by atoms with Gasteiger partial charge in [0.2, 0.25) is 25.9 Å². The van der Waals surface area contributed by atoms with Crippen LogP contribution in [0.1, 0.15) is 43.0 Å². The molecule has 0 fully saturated rings. The Morgan fingerprint density at radius 2 is 1.79 bits per heavy atom. The third-order valence-corrected chi connectivity index (χ3v) is 13.8. The predicted molar refractivity (Wildman–Crippen MR) is 212 cm³/mol. The highest BCUT2D eigenvalue weighted by atomic mass is 79.9. The Hall–Kier alpha value is -4.29. The van der Waals surface area contributed by atoms with Crippen molar-refractivity contribution in [2.24, 2.45) is 5.41 Å². The number of aromatic nitrogens is 4. The minimum absolute atomic E-state index is 0.0440. The number of anilines is 2. The molecule has 0 saturated carbocycles. The molecule has 17 heteroatoms. The molecule has 3 heterocycles. The topological polar surface area (TPSA) is 182 Å². The normalized spacial score (nSPS) is 12.2. The van der Waals surface area contributed by atoms with Crippen molar-refractivity contribution in [2.45, 2.75) is 63.4 Å². The molecule has 5 rings (SSSR count). The van der Waals surface area contributed by atoms with Crippen molar-refractivity contribution < 1.29 is 32.6 Å². The first-order valence-electron chi connectivity index (χ1n) is 16.8. The molecule has 0 bridgehead atoms. The maximum absolute atomic E-state index is 13.8. The Bertz CT molecular complexity index is 2220. The van der Waals surface area contributed by atoms with Crippen LogP contribution in [-0.2, 0) is 26.1 Å². The number of hydrogen-bond donors (Lipinski definition) is 3. The standard InChI is InChI=1S/C36H41BrN6O7S2Si/c1-36(2,15-8-17-52(48,49)35-42-26-9-6-7-10-30(26)51-35)33(45)41-28-19-24(39-34(46)47)12-13-25(28)29-21-43(22-50-16-18-53(3,4)5)32(40-29)31(44)27-14-11-23(37)20-38-27/h6-7,9-14,19-21,39H,8,15-18,22H2,1-5H3,(H,41,45)(H,46,47). The van der Waals surface area contributed by atoms with Gasteiger partial charge >= 0.3 is 6.09 Å². The molecule has 5 aromatic rings. The molecule has 0 spiro atoms. The van der Waals surface area contributed by atoms with Crippen molar-refractivity contribution in [1.82, 2.24) is 19.5 Å². The van der Waals surface area contributed by atoms with Gasteiger partial charge in [0.05, 0.1) is 27.4 Å². The summed E-state index contributed by atoms with van der Waals surface area (Å²) in [5.41, 5.74) is 0.942. The third-order valence-electron chi connectivity index (χ3n) is 8.33. The van der Waals surface area contributed by atoms with E-state index in [1.54, 1.807) is 54.9 Å². The first-order chi connectivity index (χ1) is 24.9. The number of pyridine rings is 1. The highest BCUT2D eigenvalue weighted by Crippen LogP contribution is 2.34. The van der Waals surface area contributed by atoms with E-state index in [0.717, 1.165) is 22.1 Å². The zero-order chi connectivity index (χ0) is 38.6. The van der Waals surface area contributed by atoms with Gasteiger partial charge in [0.15, 0.2) is 5.82 Å². The molecule has 0 radical (unpaired) electrons. The van der Waals surface area contributed by atoms with E-state index in [0.29, 0.717) is 27.9 Å². The summed E-state index contributed by atoms with van der Waals surface area (Å²) in [6.45, 7) is 10.7. The molecule has 53 heavy (non-hydrogen) atoms. The predicted octanol–water partition coefficient (Wildman–Crippen LogP) is 8.17. The van der Waals surface area contributed by atoms with E-state index in [4.69, 9.17) is 4.74 Å². The SMILES string of the molecule is CC(C)(CCCS(=O)(=O)c1nc2ccccc2s1)C(=O)Nc1cc(NC(=O)O)ccc1-c1cn(COCC[Si](C)(C)C)c(C(=O)c2ccc(Br)cn2)n1. The van der Waals surface area contributed by atoms with Crippen LogP contribution in [0.5, 0.6) is 0 Å². The van der Waals surface area contributed by atoms with Crippen LogP contribution in [0.4, 0.5) is 16.2 Å². The number of para-hydroxylation sites is 1. The van der Waals surface area contributed by atoms with Gasteiger partial charge in [0.1, 0.15) is 12.4 Å². The van der Waals surface area contributed by atoms with Crippen molar-refractivity contribution in [2.75, 3.05) is 23.0 Å². The summed E-state index contributed by atoms with van der Waals surface area (Å²) in [5, 5.41) is 14.6. The first-order valence-corrected chi connectivity index (χ1v) is 23.7. The van der Waals surface area contributed by atoms with Crippen molar-refractivity contribution in [3.05, 3.63) is 83.0 Å². The lowest BCUT2D eigenvalue weighted by molar-refractivity contribution is -0.124. The number of hydrogen-bond acceptors (Lipinski definition) is 10. The zero-order valence-corrected chi connectivity index (χ0v) is 34.2. The minimum Gasteiger partial charge on any atom is -0.465 e. The number of rotatable bonds is 16. The summed E-state index contributed by atoms with van der Waals surface area (Å²) in [5.74, 6) is -0.973. The zero-order valence-electron chi connectivity index (χ0n) is 30.0. The number of halogens is 1. The van der Waals surface area contributed by atoms with Crippen LogP contribution in [-0.4, -0.2) is 71.3 Å². The maximum atomic E-state index is 13.8. The fraction of sp³-hybridized carbons (Fsp3) is 0.333. The van der Waals surface area contributed by atoms with Gasteiger partial charge in [0, 0.05) is 48.2 Å². The van der Waals surface area contributed by atoms with Gasteiger partial charge in [-0.3, -0.25) is 19.9 Å². The Morgan fingerprint density at radius 3 is 2.47 bits per heavy atom. The van der Waals surface area contributed by atoms with Crippen LogP contribution < -0.4 is 10.6 Å². The number of carbonyl (C=O) groups excluding carboxylic acids is 2. The number of sulfone groups is 1. The van der Waals surface area contributed by atoms with E-state index >= 15 is 0 Å². The van der Waals surface area contributed by atoms with Crippen molar-refractivity contribution in [3.63, 3.8) is 0 Å². The summed E-state index contributed by atoms with van der Waals surface area (Å²) >= 11 is 4.46. The molecule has 0 saturated heterocycles. The van der Waals surface area contributed by atoms with Crippen LogP contribution in [0.25, 0.3) is 21.5 Å². The number of carboxylic acid groups (broad SMARTS) is 1. The number of nitrogens with one attached hydrogen (secondary N) is 2. The number of ketones is 1. The van der Waals surface area contributed by atoms with Gasteiger partial charge in [-0.15, -0.1) is 11.3 Å². The number of nitrogens with zero attached hydrogens (tertiary/aromatic N) is 4. The highest BCUT2D eigenvalue weighted by molar-refractivity contribution is 9.10. The van der Waals surface area contributed by atoms with E-state index in [1.165, 1.54) is 18.3 Å². The molecule has 2 amide bonds. The van der Waals surface area contributed by atoms with Crippen LogP contribution >= 0.6 is 27.3 Å². The number of ether oxygens (including phenoxy) is 1. The average molecular weight is 842 g/mol. The molecule has 0 aliphatic rings. The smallest absolute Gasteiger partial charge is 0.409 e. The number of imidazole rings is 1. The molecular formula is C36H41BrN6O7S2Si. The lowest BCUT2D eigenvalue weighted by Crippen LogP contribution is -2.31. The molecule has 0 aliphatic heterocycles. The Labute approximate surface area is 321 Å². The number of fused-ring (bicyclic) bond motifs is 1. The molecule has 3 N–H and O–H groups in total. The lowest BCUT2D eigenvalue weighted by Gasteiger charge is -2.24.